The predicted molar refractivity (Wildman–Crippen MR) is 109 cm³/mol. The number of ether oxygens (including phenoxy) is 1. The molecule has 1 atom stereocenters. The van der Waals surface area contributed by atoms with Crippen LogP contribution < -0.4 is 5.32 Å². The van der Waals surface area contributed by atoms with E-state index in [1.54, 1.807) is 6.92 Å². The van der Waals surface area contributed by atoms with Crippen molar-refractivity contribution in [2.24, 2.45) is 5.92 Å². The van der Waals surface area contributed by atoms with Crippen LogP contribution in [0.1, 0.15) is 105 Å². The van der Waals surface area contributed by atoms with E-state index in [0.29, 0.717) is 25.5 Å². The molecule has 4 heteroatoms. The molecule has 0 aliphatic heterocycles. The second-order valence-corrected chi connectivity index (χ2v) is 7.90. The van der Waals surface area contributed by atoms with Gasteiger partial charge in [0.1, 0.15) is 5.78 Å². The number of hydrogen-bond acceptors (Lipinski definition) is 4. The largest absolute Gasteiger partial charge is 0.466 e. The number of Topliss-reactive ketones (excluding diaryl/α,β-unsaturated/α-hetero) is 1. The molecule has 0 saturated carbocycles. The van der Waals surface area contributed by atoms with Crippen LogP contribution in [0.2, 0.25) is 0 Å². The molecule has 0 spiro atoms. The summed E-state index contributed by atoms with van der Waals surface area (Å²) in [6, 6.07) is -0.148. The number of esters is 1. The van der Waals surface area contributed by atoms with Crippen LogP contribution in [0, 0.1) is 5.92 Å². The smallest absolute Gasteiger partial charge is 0.307 e. The van der Waals surface area contributed by atoms with Crippen molar-refractivity contribution in [2.45, 2.75) is 111 Å². The van der Waals surface area contributed by atoms with Gasteiger partial charge < -0.3 is 10.1 Å². The van der Waals surface area contributed by atoms with Gasteiger partial charge in [0.15, 0.2) is 0 Å². The third-order valence-electron chi connectivity index (χ3n) is 4.68. The molecule has 0 amide bonds. The number of ketones is 1. The lowest BCUT2D eigenvalue weighted by atomic mass is 10.0. The molecule has 0 aliphatic carbocycles. The van der Waals surface area contributed by atoms with Gasteiger partial charge in [0.05, 0.1) is 19.1 Å². The maximum atomic E-state index is 11.7. The number of nitrogens with one attached hydrogen (secondary N) is 1. The van der Waals surface area contributed by atoms with Gasteiger partial charge in [-0.05, 0) is 25.7 Å². The molecule has 0 saturated heterocycles. The van der Waals surface area contributed by atoms with Crippen molar-refractivity contribution >= 4 is 11.8 Å². The highest BCUT2D eigenvalue weighted by Crippen LogP contribution is 2.10. The molecule has 0 bridgehead atoms. The fourth-order valence-corrected chi connectivity index (χ4v) is 3.06. The summed E-state index contributed by atoms with van der Waals surface area (Å²) in [6.45, 7) is 9.07. The van der Waals surface area contributed by atoms with Crippen LogP contribution in [0.25, 0.3) is 0 Å². The highest BCUT2D eigenvalue weighted by atomic mass is 16.5. The summed E-state index contributed by atoms with van der Waals surface area (Å²) >= 11 is 0. The van der Waals surface area contributed by atoms with Crippen LogP contribution in [0.5, 0.6) is 0 Å². The Bertz CT molecular complexity index is 355. The summed E-state index contributed by atoms with van der Waals surface area (Å²) in [6.07, 6.45) is 13.9. The van der Waals surface area contributed by atoms with E-state index >= 15 is 0 Å². The summed E-state index contributed by atoms with van der Waals surface area (Å²) in [4.78, 5) is 23.3. The normalized spacial score (nSPS) is 12.3. The molecule has 1 N–H and O–H groups in total. The highest BCUT2D eigenvalue weighted by molar-refractivity contribution is 5.81. The van der Waals surface area contributed by atoms with Crippen LogP contribution in [-0.2, 0) is 14.3 Å². The molecule has 0 aliphatic rings. The zero-order chi connectivity index (χ0) is 19.6. The fraction of sp³-hybridized carbons (Fsp3) is 0.909. The summed E-state index contributed by atoms with van der Waals surface area (Å²) in [7, 11) is 0. The first-order valence-corrected chi connectivity index (χ1v) is 10.9. The van der Waals surface area contributed by atoms with Crippen molar-refractivity contribution in [3.63, 3.8) is 0 Å². The van der Waals surface area contributed by atoms with Gasteiger partial charge in [0, 0.05) is 6.54 Å². The van der Waals surface area contributed by atoms with E-state index in [2.05, 4.69) is 26.1 Å². The van der Waals surface area contributed by atoms with Crippen LogP contribution in [-0.4, -0.2) is 30.9 Å². The highest BCUT2D eigenvalue weighted by Gasteiger charge is 2.15. The SMILES string of the molecule is CCCCCCCCCCCCOC(=O)CCNC(CC(C)C)C(C)=O. The van der Waals surface area contributed by atoms with E-state index in [1.165, 1.54) is 51.4 Å². The van der Waals surface area contributed by atoms with Crippen LogP contribution in [0.15, 0.2) is 0 Å². The number of rotatable bonds is 18. The topological polar surface area (TPSA) is 55.4 Å². The molecule has 1 unspecified atom stereocenters. The molecule has 0 radical (unpaired) electrons. The van der Waals surface area contributed by atoms with Gasteiger partial charge in [-0.1, -0.05) is 78.6 Å². The molecule has 4 nitrogen and oxygen atoms in total. The van der Waals surface area contributed by atoms with Crippen molar-refractivity contribution < 1.29 is 14.3 Å². The second kappa shape index (κ2) is 17.5. The molecule has 0 aromatic rings. The number of carbonyl (C=O) groups excluding carboxylic acids is 2. The number of unbranched alkanes of at least 4 members (excludes halogenated alkanes) is 9. The van der Waals surface area contributed by atoms with E-state index in [-0.39, 0.29) is 17.8 Å². The lowest BCUT2D eigenvalue weighted by molar-refractivity contribution is -0.143. The van der Waals surface area contributed by atoms with Gasteiger partial charge in [-0.2, -0.15) is 0 Å². The third kappa shape index (κ3) is 16.6. The summed E-state index contributed by atoms with van der Waals surface area (Å²) in [5.74, 6) is 0.428. The quantitative estimate of drug-likeness (QED) is 0.258. The van der Waals surface area contributed by atoms with Crippen LogP contribution >= 0.6 is 0 Å². The average molecular weight is 370 g/mol. The van der Waals surface area contributed by atoms with Gasteiger partial charge in [-0.15, -0.1) is 0 Å². The Labute approximate surface area is 161 Å². The van der Waals surface area contributed by atoms with Gasteiger partial charge in [0.2, 0.25) is 0 Å². The minimum absolute atomic E-state index is 0.137. The third-order valence-corrected chi connectivity index (χ3v) is 4.68. The van der Waals surface area contributed by atoms with Gasteiger partial charge >= 0.3 is 5.97 Å². The first-order chi connectivity index (χ1) is 12.5. The van der Waals surface area contributed by atoms with Crippen molar-refractivity contribution in [2.75, 3.05) is 13.2 Å². The van der Waals surface area contributed by atoms with E-state index in [1.807, 2.05) is 0 Å². The molecular formula is C22H43NO3. The summed E-state index contributed by atoms with van der Waals surface area (Å²) in [5, 5.41) is 3.17. The van der Waals surface area contributed by atoms with Gasteiger partial charge in [-0.3, -0.25) is 9.59 Å². The predicted octanol–water partition coefficient (Wildman–Crippen LogP) is 5.43. The van der Waals surface area contributed by atoms with Gasteiger partial charge in [-0.25, -0.2) is 0 Å². The molecular weight excluding hydrogens is 326 g/mol. The molecule has 0 aromatic carbocycles. The second-order valence-electron chi connectivity index (χ2n) is 7.90. The van der Waals surface area contributed by atoms with Crippen LogP contribution in [0.3, 0.4) is 0 Å². The summed E-state index contributed by atoms with van der Waals surface area (Å²) < 4.78 is 5.27. The molecule has 26 heavy (non-hydrogen) atoms. The average Bonchev–Trinajstić information content (AvgIpc) is 2.58. The minimum Gasteiger partial charge on any atom is -0.466 e. The first-order valence-electron chi connectivity index (χ1n) is 10.9. The Morgan fingerprint density at radius 3 is 1.92 bits per heavy atom. The monoisotopic (exact) mass is 369 g/mol. The maximum absolute atomic E-state index is 11.7. The van der Waals surface area contributed by atoms with E-state index in [9.17, 15) is 9.59 Å². The minimum atomic E-state index is -0.166. The zero-order valence-electron chi connectivity index (χ0n) is 17.8. The fourth-order valence-electron chi connectivity index (χ4n) is 3.06. The number of carbonyl (C=O) groups is 2. The molecule has 0 aromatic heterocycles. The number of hydrogen-bond donors (Lipinski definition) is 1. The summed E-state index contributed by atoms with van der Waals surface area (Å²) in [5.41, 5.74) is 0. The molecule has 0 rings (SSSR count). The van der Waals surface area contributed by atoms with E-state index in [4.69, 9.17) is 4.74 Å². The van der Waals surface area contributed by atoms with Crippen molar-refractivity contribution in [3.05, 3.63) is 0 Å². The Balaban J connectivity index is 3.47. The zero-order valence-corrected chi connectivity index (χ0v) is 17.8. The Morgan fingerprint density at radius 2 is 1.42 bits per heavy atom. The molecule has 0 heterocycles. The molecule has 0 fully saturated rings. The Kier molecular flexibility index (Phi) is 16.9. The van der Waals surface area contributed by atoms with E-state index < -0.39 is 0 Å². The Hall–Kier alpha value is -0.900. The first kappa shape index (κ1) is 25.1. The maximum Gasteiger partial charge on any atom is 0.307 e. The lowest BCUT2D eigenvalue weighted by Crippen LogP contribution is -2.37. The lowest BCUT2D eigenvalue weighted by Gasteiger charge is -2.17. The molecule has 154 valence electrons. The van der Waals surface area contributed by atoms with Crippen molar-refractivity contribution in [1.82, 2.24) is 5.32 Å². The van der Waals surface area contributed by atoms with Crippen molar-refractivity contribution in [3.8, 4) is 0 Å². The Morgan fingerprint density at radius 1 is 0.885 bits per heavy atom. The van der Waals surface area contributed by atoms with Crippen molar-refractivity contribution in [1.29, 1.82) is 0 Å². The van der Waals surface area contributed by atoms with E-state index in [0.717, 1.165) is 19.3 Å². The standard InChI is InChI=1S/C22H43NO3/c1-5-6-7-8-9-10-11-12-13-14-17-26-22(25)15-16-23-21(20(4)24)18-19(2)3/h19,21,23H,5-18H2,1-4H3. The van der Waals surface area contributed by atoms with Crippen LogP contribution in [0.4, 0.5) is 0 Å². The van der Waals surface area contributed by atoms with Gasteiger partial charge in [0.25, 0.3) is 0 Å².